The molecule has 1 fully saturated rings. The Morgan fingerprint density at radius 2 is 2.00 bits per heavy atom. The summed E-state index contributed by atoms with van der Waals surface area (Å²) in [4.78, 5) is 16.2. The molecule has 1 aliphatic carbocycles. The summed E-state index contributed by atoms with van der Waals surface area (Å²) in [6, 6.07) is 14.3. The first-order valence-electron chi connectivity index (χ1n) is 6.81. The summed E-state index contributed by atoms with van der Waals surface area (Å²) in [6.07, 6.45) is 6.08. The van der Waals surface area contributed by atoms with Crippen LogP contribution in [0.4, 0.5) is 0 Å². The van der Waals surface area contributed by atoms with Crippen LogP contribution in [0.3, 0.4) is 0 Å². The number of carbonyl (C=O) groups is 1. The molecule has 0 N–H and O–H groups in total. The molecule has 19 heavy (non-hydrogen) atoms. The zero-order chi connectivity index (χ0) is 13.1. The molecular formula is C17H17NO. The second-order valence-corrected chi connectivity index (χ2v) is 5.19. The minimum atomic E-state index is 0.249. The standard InChI is InChI=1S/C17H17NO/c19-17(9-8-13-5-4-10-18-12-13)16-11-15(16)14-6-2-1-3-7-14/h1-7,10,12,15-16H,8-9,11H2. The van der Waals surface area contributed by atoms with Gasteiger partial charge in [0.15, 0.2) is 0 Å². The highest BCUT2D eigenvalue weighted by molar-refractivity contribution is 5.85. The highest BCUT2D eigenvalue weighted by atomic mass is 16.1. The van der Waals surface area contributed by atoms with Gasteiger partial charge in [0.2, 0.25) is 0 Å². The van der Waals surface area contributed by atoms with Gasteiger partial charge in [0.05, 0.1) is 0 Å². The summed E-state index contributed by atoms with van der Waals surface area (Å²) in [6.45, 7) is 0. The Bertz CT molecular complexity index is 550. The molecule has 2 atom stereocenters. The van der Waals surface area contributed by atoms with Crippen molar-refractivity contribution in [3.63, 3.8) is 0 Å². The summed E-state index contributed by atoms with van der Waals surface area (Å²) in [5, 5.41) is 0. The molecule has 0 bridgehead atoms. The molecule has 3 rings (SSSR count). The largest absolute Gasteiger partial charge is 0.299 e. The van der Waals surface area contributed by atoms with Crippen LogP contribution in [0, 0.1) is 5.92 Å². The van der Waals surface area contributed by atoms with Gasteiger partial charge in [-0.1, -0.05) is 36.4 Å². The van der Waals surface area contributed by atoms with Crippen molar-refractivity contribution in [3.05, 3.63) is 66.0 Å². The Hall–Kier alpha value is -1.96. The van der Waals surface area contributed by atoms with E-state index in [1.807, 2.05) is 36.5 Å². The fourth-order valence-electron chi connectivity index (χ4n) is 2.62. The first-order valence-corrected chi connectivity index (χ1v) is 6.81. The third kappa shape index (κ3) is 2.90. The number of aromatic nitrogens is 1. The normalized spacial score (nSPS) is 21.1. The topological polar surface area (TPSA) is 30.0 Å². The number of rotatable bonds is 5. The summed E-state index contributed by atoms with van der Waals surface area (Å²) in [5.41, 5.74) is 2.45. The first kappa shape index (κ1) is 12.1. The van der Waals surface area contributed by atoms with E-state index in [0.717, 1.165) is 18.4 Å². The van der Waals surface area contributed by atoms with Crippen molar-refractivity contribution in [1.82, 2.24) is 4.98 Å². The van der Waals surface area contributed by atoms with Gasteiger partial charge in [-0.25, -0.2) is 0 Å². The second kappa shape index (κ2) is 5.35. The Kier molecular flexibility index (Phi) is 3.41. The zero-order valence-corrected chi connectivity index (χ0v) is 10.8. The Labute approximate surface area is 113 Å². The summed E-state index contributed by atoms with van der Waals surface area (Å²) in [5.74, 6) is 1.11. The van der Waals surface area contributed by atoms with Crippen LogP contribution in [0.25, 0.3) is 0 Å². The lowest BCUT2D eigenvalue weighted by Gasteiger charge is -2.01. The van der Waals surface area contributed by atoms with Crippen LogP contribution in [0.15, 0.2) is 54.9 Å². The fourth-order valence-corrected chi connectivity index (χ4v) is 2.62. The van der Waals surface area contributed by atoms with Crippen LogP contribution >= 0.6 is 0 Å². The van der Waals surface area contributed by atoms with Gasteiger partial charge in [0, 0.05) is 24.7 Å². The van der Waals surface area contributed by atoms with Crippen molar-refractivity contribution < 1.29 is 4.79 Å². The van der Waals surface area contributed by atoms with Crippen molar-refractivity contribution in [2.45, 2.75) is 25.2 Å². The predicted octanol–water partition coefficient (Wildman–Crippen LogP) is 3.39. The van der Waals surface area contributed by atoms with Gasteiger partial charge in [-0.15, -0.1) is 0 Å². The van der Waals surface area contributed by atoms with Crippen LogP contribution in [0.2, 0.25) is 0 Å². The maximum atomic E-state index is 12.1. The van der Waals surface area contributed by atoms with Crippen LogP contribution in [-0.4, -0.2) is 10.8 Å². The number of aryl methyl sites for hydroxylation is 1. The van der Waals surface area contributed by atoms with Crippen molar-refractivity contribution >= 4 is 5.78 Å². The van der Waals surface area contributed by atoms with E-state index in [1.165, 1.54) is 5.56 Å². The highest BCUT2D eigenvalue weighted by Crippen LogP contribution is 2.48. The molecule has 1 saturated carbocycles. The molecule has 2 heteroatoms. The van der Waals surface area contributed by atoms with Crippen LogP contribution in [0.5, 0.6) is 0 Å². The lowest BCUT2D eigenvalue weighted by molar-refractivity contribution is -0.120. The van der Waals surface area contributed by atoms with Gasteiger partial charge >= 0.3 is 0 Å². The number of nitrogens with zero attached hydrogens (tertiary/aromatic N) is 1. The number of ketones is 1. The maximum Gasteiger partial charge on any atom is 0.136 e. The number of Topliss-reactive ketones (excluding diaryl/α,β-unsaturated/α-hetero) is 1. The Balaban J connectivity index is 1.53. The van der Waals surface area contributed by atoms with Crippen molar-refractivity contribution in [2.75, 3.05) is 0 Å². The lowest BCUT2D eigenvalue weighted by Crippen LogP contribution is -2.04. The van der Waals surface area contributed by atoms with Crippen molar-refractivity contribution in [1.29, 1.82) is 0 Å². The smallest absolute Gasteiger partial charge is 0.136 e. The number of hydrogen-bond donors (Lipinski definition) is 0. The van der Waals surface area contributed by atoms with Crippen molar-refractivity contribution in [2.24, 2.45) is 5.92 Å². The first-order chi connectivity index (χ1) is 9.34. The molecule has 1 aromatic heterocycles. The summed E-state index contributed by atoms with van der Waals surface area (Å²) < 4.78 is 0. The molecule has 1 aromatic carbocycles. The number of pyridine rings is 1. The SMILES string of the molecule is O=C(CCc1cccnc1)C1CC1c1ccccc1. The Morgan fingerprint density at radius 1 is 1.16 bits per heavy atom. The zero-order valence-electron chi connectivity index (χ0n) is 10.8. The van der Waals surface area contributed by atoms with E-state index in [2.05, 4.69) is 17.1 Å². The van der Waals surface area contributed by atoms with E-state index >= 15 is 0 Å². The summed E-state index contributed by atoms with van der Waals surface area (Å²) >= 11 is 0. The molecule has 96 valence electrons. The van der Waals surface area contributed by atoms with Crippen LogP contribution in [0.1, 0.15) is 29.9 Å². The molecule has 2 aromatic rings. The van der Waals surface area contributed by atoms with Gasteiger partial charge in [-0.3, -0.25) is 9.78 Å². The lowest BCUT2D eigenvalue weighted by atomic mass is 10.0. The molecular weight excluding hydrogens is 234 g/mol. The Morgan fingerprint density at radius 3 is 2.74 bits per heavy atom. The van der Waals surface area contributed by atoms with E-state index in [0.29, 0.717) is 18.1 Å². The fraction of sp³-hybridized carbons (Fsp3) is 0.294. The molecule has 2 unspecified atom stereocenters. The third-order valence-corrected chi connectivity index (χ3v) is 3.81. The van der Waals surface area contributed by atoms with Crippen molar-refractivity contribution in [3.8, 4) is 0 Å². The summed E-state index contributed by atoms with van der Waals surface area (Å²) in [7, 11) is 0. The average molecular weight is 251 g/mol. The van der Waals surface area contributed by atoms with E-state index in [-0.39, 0.29) is 5.92 Å². The minimum Gasteiger partial charge on any atom is -0.299 e. The monoisotopic (exact) mass is 251 g/mol. The van der Waals surface area contributed by atoms with Gasteiger partial charge in [-0.05, 0) is 36.0 Å². The quantitative estimate of drug-likeness (QED) is 0.815. The third-order valence-electron chi connectivity index (χ3n) is 3.81. The molecule has 0 saturated heterocycles. The van der Waals surface area contributed by atoms with Gasteiger partial charge in [0.25, 0.3) is 0 Å². The molecule has 0 radical (unpaired) electrons. The average Bonchev–Trinajstić information content (AvgIpc) is 3.27. The number of hydrogen-bond acceptors (Lipinski definition) is 2. The number of carbonyl (C=O) groups excluding carboxylic acids is 1. The van der Waals surface area contributed by atoms with Gasteiger partial charge < -0.3 is 0 Å². The van der Waals surface area contributed by atoms with Crippen LogP contribution in [-0.2, 0) is 11.2 Å². The van der Waals surface area contributed by atoms with E-state index in [9.17, 15) is 4.79 Å². The molecule has 1 aliphatic rings. The molecule has 1 heterocycles. The van der Waals surface area contributed by atoms with Gasteiger partial charge in [0.1, 0.15) is 5.78 Å². The van der Waals surface area contributed by atoms with Crippen LogP contribution < -0.4 is 0 Å². The highest BCUT2D eigenvalue weighted by Gasteiger charge is 2.42. The molecule has 0 amide bonds. The number of benzene rings is 1. The minimum absolute atomic E-state index is 0.249. The molecule has 2 nitrogen and oxygen atoms in total. The second-order valence-electron chi connectivity index (χ2n) is 5.19. The molecule has 0 spiro atoms. The van der Waals surface area contributed by atoms with E-state index in [4.69, 9.17) is 0 Å². The predicted molar refractivity (Wildman–Crippen MR) is 74.9 cm³/mol. The van der Waals surface area contributed by atoms with E-state index in [1.54, 1.807) is 6.20 Å². The van der Waals surface area contributed by atoms with Gasteiger partial charge in [-0.2, -0.15) is 0 Å². The van der Waals surface area contributed by atoms with E-state index < -0.39 is 0 Å². The maximum absolute atomic E-state index is 12.1. The molecule has 0 aliphatic heterocycles.